The molecule has 0 aromatic carbocycles. The Labute approximate surface area is 98.8 Å². The van der Waals surface area contributed by atoms with Crippen molar-refractivity contribution in [3.8, 4) is 0 Å². The Morgan fingerprint density at radius 2 is 2.00 bits per heavy atom. The largest absolute Gasteiger partial charge is 0.503 e. The van der Waals surface area contributed by atoms with Crippen LogP contribution in [0.3, 0.4) is 0 Å². The first kappa shape index (κ1) is 14.8. The van der Waals surface area contributed by atoms with Gasteiger partial charge in [-0.1, -0.05) is 26.2 Å². The van der Waals surface area contributed by atoms with Crippen LogP contribution in [0.5, 0.6) is 0 Å². The molecule has 88 valence electrons. The third kappa shape index (κ3) is 11.7. The summed E-state index contributed by atoms with van der Waals surface area (Å²) in [5.74, 6) is 0. The lowest BCUT2D eigenvalue weighted by Gasteiger charge is -1.99. The van der Waals surface area contributed by atoms with Gasteiger partial charge in [0.05, 0.1) is 6.33 Å². The third-order valence-corrected chi connectivity index (χ3v) is 1.83. The Balaban J connectivity index is 0.000000423. The molecule has 15 heavy (non-hydrogen) atoms. The van der Waals surface area contributed by atoms with Crippen molar-refractivity contribution in [2.75, 3.05) is 0 Å². The molecule has 1 rings (SSSR count). The van der Waals surface area contributed by atoms with Gasteiger partial charge in [0.2, 0.25) is 0 Å². The maximum atomic E-state index is 8.68. The van der Waals surface area contributed by atoms with E-state index in [1.165, 1.54) is 25.7 Å². The van der Waals surface area contributed by atoms with Gasteiger partial charge in [-0.25, -0.2) is 4.98 Å². The van der Waals surface area contributed by atoms with E-state index in [1.54, 1.807) is 0 Å². The summed E-state index contributed by atoms with van der Waals surface area (Å²) in [5, 5.41) is 0. The number of rotatable bonds is 5. The van der Waals surface area contributed by atoms with Crippen molar-refractivity contribution >= 4 is 0 Å². The molecule has 0 radical (unpaired) electrons. The molecule has 0 atom stereocenters. The van der Waals surface area contributed by atoms with Gasteiger partial charge in [-0.05, 0) is 9.86 Å². The molecule has 1 aromatic heterocycles. The molecular formula is C9H17IN2O3. The number of hydrogen-bond donors (Lipinski definition) is 1. The van der Waals surface area contributed by atoms with Crippen molar-refractivity contribution < 1.29 is 31.4 Å². The molecule has 0 unspecified atom stereocenters. The Bertz CT molecular complexity index is 214. The van der Waals surface area contributed by atoms with E-state index in [0.717, 1.165) is 6.54 Å². The van der Waals surface area contributed by atoms with Crippen LogP contribution in [-0.2, 0) is 6.54 Å². The number of nitrogens with zero attached hydrogens (tertiary/aromatic N) is 2. The molecule has 0 aliphatic rings. The van der Waals surface area contributed by atoms with Crippen molar-refractivity contribution in [3.05, 3.63) is 18.7 Å². The van der Waals surface area contributed by atoms with Gasteiger partial charge in [-0.3, -0.25) is 0 Å². The smallest absolute Gasteiger partial charge is 0.396 e. The van der Waals surface area contributed by atoms with Gasteiger partial charge in [0.1, 0.15) is 0 Å². The third-order valence-electron chi connectivity index (χ3n) is 1.83. The zero-order valence-corrected chi connectivity index (χ0v) is 11.0. The van der Waals surface area contributed by atoms with Gasteiger partial charge in [0, 0.05) is 18.9 Å². The number of unbranched alkanes of at least 4 members (excludes halogenated alkanes) is 3. The van der Waals surface area contributed by atoms with Crippen LogP contribution in [0.4, 0.5) is 0 Å². The highest BCUT2D eigenvalue weighted by atomic mass is 127. The highest BCUT2D eigenvalue weighted by Crippen LogP contribution is 2.00. The number of halogens is 1. The van der Waals surface area contributed by atoms with E-state index in [-0.39, 0.29) is 0 Å². The first-order chi connectivity index (χ1) is 7.16. The van der Waals surface area contributed by atoms with Gasteiger partial charge in [-0.2, -0.15) is 0 Å². The topological polar surface area (TPSA) is 84.2 Å². The van der Waals surface area contributed by atoms with Gasteiger partial charge in [0.25, 0.3) is 0 Å². The summed E-state index contributed by atoms with van der Waals surface area (Å²) in [7, 11) is 0. The minimum absolute atomic E-state index is 1.12. The second-order valence-corrected chi connectivity index (χ2v) is 4.21. The van der Waals surface area contributed by atoms with Crippen LogP contribution in [0.25, 0.3) is 0 Å². The van der Waals surface area contributed by atoms with E-state index in [0.29, 0.717) is 0 Å². The monoisotopic (exact) mass is 328 g/mol. The predicted octanol–water partition coefficient (Wildman–Crippen LogP) is -3.47. The number of aromatic nitrogens is 2. The molecule has 0 bridgehead atoms. The minimum atomic E-state index is -3.76. The maximum Gasteiger partial charge on any atom is 0.503 e. The van der Waals surface area contributed by atoms with Crippen LogP contribution in [0.15, 0.2) is 18.7 Å². The summed E-state index contributed by atoms with van der Waals surface area (Å²) < 4.78 is 26.6. The average Bonchev–Trinajstić information content (AvgIpc) is 2.64. The summed E-state index contributed by atoms with van der Waals surface area (Å²) in [4.78, 5) is 3.98. The summed E-state index contributed by atoms with van der Waals surface area (Å²) in [6, 6.07) is 0. The number of hydrogen-bond acceptors (Lipinski definition) is 4. The van der Waals surface area contributed by atoms with E-state index >= 15 is 0 Å². The molecule has 0 saturated carbocycles. The highest BCUT2D eigenvalue weighted by molar-refractivity contribution is 4.73. The molecule has 1 N–H and O–H groups in total. The summed E-state index contributed by atoms with van der Waals surface area (Å²) >= 11 is -3.76. The normalized spacial score (nSPS) is 9.93. The molecule has 1 heterocycles. The maximum absolute atomic E-state index is 8.68. The second kappa shape index (κ2) is 10.3. The van der Waals surface area contributed by atoms with Crippen molar-refractivity contribution in [1.82, 2.24) is 9.55 Å². The molecule has 6 heteroatoms. The molecule has 0 saturated heterocycles. The Morgan fingerprint density at radius 1 is 1.33 bits per heavy atom. The number of imidazole rings is 1. The van der Waals surface area contributed by atoms with Gasteiger partial charge in [-0.15, -0.1) is 0 Å². The molecular weight excluding hydrogens is 311 g/mol. The number of aryl methyl sites for hydroxylation is 1. The van der Waals surface area contributed by atoms with E-state index in [9.17, 15) is 0 Å². The fraction of sp³-hybridized carbons (Fsp3) is 0.667. The fourth-order valence-electron chi connectivity index (χ4n) is 1.14. The summed E-state index contributed by atoms with van der Waals surface area (Å²) in [6.45, 7) is 3.36. The standard InChI is InChI=1S/C9H16N2.HIO3/c1-2-3-4-5-7-11-8-6-10-9-11;2-1(3)4/h6,8-9H,2-5,7H2,1H3;2H. The second-order valence-electron chi connectivity index (χ2n) is 3.06. The molecule has 0 aliphatic carbocycles. The molecule has 0 spiro atoms. The van der Waals surface area contributed by atoms with Crippen LogP contribution in [0, 0.1) is 0 Å². The average molecular weight is 328 g/mol. The quantitative estimate of drug-likeness (QED) is 0.450. The highest BCUT2D eigenvalue weighted by Gasteiger charge is 1.90. The molecule has 0 aliphatic heterocycles. The van der Waals surface area contributed by atoms with Crippen molar-refractivity contribution in [2.45, 2.75) is 39.2 Å². The van der Waals surface area contributed by atoms with Crippen LogP contribution < -0.4 is 27.9 Å². The van der Waals surface area contributed by atoms with Crippen LogP contribution in [0.1, 0.15) is 32.6 Å². The Kier molecular flexibility index (Phi) is 10.2. The minimum Gasteiger partial charge on any atom is -0.396 e. The van der Waals surface area contributed by atoms with Gasteiger partial charge >= 0.3 is 21.1 Å². The zero-order valence-electron chi connectivity index (χ0n) is 8.80. The van der Waals surface area contributed by atoms with Crippen molar-refractivity contribution in [1.29, 1.82) is 0 Å². The SMILES string of the molecule is CCCCCCn1ccnc1.[O-][I+2]([O-])O. The fourth-order valence-corrected chi connectivity index (χ4v) is 1.14. The van der Waals surface area contributed by atoms with Crippen LogP contribution in [0.2, 0.25) is 0 Å². The predicted molar refractivity (Wildman–Crippen MR) is 48.6 cm³/mol. The Morgan fingerprint density at radius 3 is 2.47 bits per heavy atom. The molecule has 1 aromatic rings. The van der Waals surface area contributed by atoms with E-state index in [2.05, 4.69) is 16.5 Å². The van der Waals surface area contributed by atoms with Crippen LogP contribution in [-0.4, -0.2) is 13.0 Å². The van der Waals surface area contributed by atoms with Crippen LogP contribution >= 0.6 is 0 Å². The lowest BCUT2D eigenvalue weighted by Crippen LogP contribution is -3.98. The first-order valence-corrected chi connectivity index (χ1v) is 7.59. The van der Waals surface area contributed by atoms with E-state index in [1.807, 2.05) is 18.7 Å². The molecule has 5 nitrogen and oxygen atoms in total. The first-order valence-electron chi connectivity index (χ1n) is 4.87. The van der Waals surface area contributed by atoms with Gasteiger partial charge in [0.15, 0.2) is 0 Å². The summed E-state index contributed by atoms with van der Waals surface area (Å²) in [6.07, 6.45) is 11.0. The summed E-state index contributed by atoms with van der Waals surface area (Å²) in [5.41, 5.74) is 0. The molecule has 0 amide bonds. The van der Waals surface area contributed by atoms with E-state index in [4.69, 9.17) is 10.3 Å². The van der Waals surface area contributed by atoms with Crippen molar-refractivity contribution in [3.63, 3.8) is 0 Å². The Hall–Kier alpha value is -0.180. The lowest BCUT2D eigenvalue weighted by atomic mass is 10.2. The zero-order chi connectivity index (χ0) is 11.5. The van der Waals surface area contributed by atoms with E-state index < -0.39 is 21.1 Å². The van der Waals surface area contributed by atoms with Gasteiger partial charge < -0.3 is 11.4 Å². The lowest BCUT2D eigenvalue weighted by molar-refractivity contribution is -1.63. The van der Waals surface area contributed by atoms with Crippen molar-refractivity contribution in [2.24, 2.45) is 0 Å². The molecule has 0 fully saturated rings.